The molecule has 0 spiro atoms. The van der Waals surface area contributed by atoms with Crippen LogP contribution in [0, 0.1) is 11.3 Å². The molecule has 2 atom stereocenters. The normalized spacial score (nSPS) is 27.9. The number of nitrogens with zero attached hydrogens (tertiary/aromatic N) is 2. The lowest BCUT2D eigenvalue weighted by Crippen LogP contribution is -2.61. The zero-order chi connectivity index (χ0) is 23.3. The quantitative estimate of drug-likeness (QED) is 0.578. The molecule has 0 radical (unpaired) electrons. The molecule has 2 aromatic rings. The Kier molecular flexibility index (Phi) is 5.76. The number of fused-ring (bicyclic) bond motifs is 4. The second-order valence-electron chi connectivity index (χ2n) is 11.5. The van der Waals surface area contributed by atoms with Gasteiger partial charge in [0, 0.05) is 6.54 Å². The van der Waals surface area contributed by atoms with E-state index in [1.807, 2.05) is 4.90 Å². The molecule has 3 fully saturated rings. The molecule has 0 aromatic heterocycles. The van der Waals surface area contributed by atoms with E-state index in [1.54, 1.807) is 0 Å². The summed E-state index contributed by atoms with van der Waals surface area (Å²) >= 11 is 0. The predicted octanol–water partition coefficient (Wildman–Crippen LogP) is 6.56. The molecule has 0 unspecified atom stereocenters. The molecular weight excluding hydrogens is 408 g/mol. The van der Waals surface area contributed by atoms with E-state index >= 15 is 0 Å². The summed E-state index contributed by atoms with van der Waals surface area (Å²) in [6, 6.07) is 15.6. The maximum Gasteiger partial charge on any atom is 0.408 e. The summed E-state index contributed by atoms with van der Waals surface area (Å²) in [5.41, 5.74) is 6.28. The summed E-state index contributed by atoms with van der Waals surface area (Å²) in [6.07, 6.45) is 3.50. The molecule has 2 aromatic carbocycles. The Morgan fingerprint density at radius 1 is 1.09 bits per heavy atom. The summed E-state index contributed by atoms with van der Waals surface area (Å²) < 4.78 is 0. The molecular formula is C29H38N2O2. The van der Waals surface area contributed by atoms with Gasteiger partial charge in [-0.2, -0.15) is 0 Å². The number of benzene rings is 2. The number of amides is 1. The maximum absolute atomic E-state index is 12.8. The third-order valence-corrected chi connectivity index (χ3v) is 8.58. The largest absolute Gasteiger partial charge is 0.465 e. The van der Waals surface area contributed by atoms with Crippen LogP contribution in [0.4, 0.5) is 4.79 Å². The van der Waals surface area contributed by atoms with Crippen molar-refractivity contribution in [1.82, 2.24) is 9.80 Å². The molecule has 0 saturated carbocycles. The molecule has 33 heavy (non-hydrogen) atoms. The molecule has 3 saturated heterocycles. The van der Waals surface area contributed by atoms with Gasteiger partial charge in [-0.15, -0.1) is 0 Å². The Hall–Kier alpha value is -2.33. The van der Waals surface area contributed by atoms with Crippen molar-refractivity contribution < 1.29 is 9.90 Å². The second kappa shape index (κ2) is 8.47. The predicted molar refractivity (Wildman–Crippen MR) is 134 cm³/mol. The number of piperidine rings is 3. The van der Waals surface area contributed by atoms with E-state index in [1.165, 1.54) is 27.8 Å². The molecule has 4 heteroatoms. The molecule has 6 rings (SSSR count). The molecule has 1 aliphatic carbocycles. The Bertz CT molecular complexity index is 1040. The molecule has 4 aliphatic rings. The maximum atomic E-state index is 12.8. The first-order valence-corrected chi connectivity index (χ1v) is 12.7. The number of hydrogen-bond donors (Lipinski definition) is 1. The summed E-state index contributed by atoms with van der Waals surface area (Å²) in [5.74, 6) is 0.990. The minimum Gasteiger partial charge on any atom is -0.465 e. The van der Waals surface area contributed by atoms with Crippen LogP contribution in [0.15, 0.2) is 42.5 Å². The third-order valence-electron chi connectivity index (χ3n) is 8.58. The average molecular weight is 447 g/mol. The van der Waals surface area contributed by atoms with Gasteiger partial charge in [-0.1, -0.05) is 70.2 Å². The lowest BCUT2D eigenvalue weighted by Gasteiger charge is -2.54. The van der Waals surface area contributed by atoms with Crippen molar-refractivity contribution in [2.24, 2.45) is 11.3 Å². The first kappa shape index (κ1) is 22.5. The highest BCUT2D eigenvalue weighted by Crippen LogP contribution is 2.50. The molecule has 3 heterocycles. The van der Waals surface area contributed by atoms with Crippen molar-refractivity contribution in [1.29, 1.82) is 0 Å². The van der Waals surface area contributed by atoms with Crippen molar-refractivity contribution in [3.63, 3.8) is 0 Å². The number of carboxylic acid groups (broad SMARTS) is 1. The van der Waals surface area contributed by atoms with Crippen LogP contribution in [0.5, 0.6) is 0 Å². The molecule has 4 nitrogen and oxygen atoms in total. The van der Waals surface area contributed by atoms with Crippen LogP contribution in [0.3, 0.4) is 0 Å². The molecule has 1 amide bonds. The average Bonchev–Trinajstić information content (AvgIpc) is 2.81. The van der Waals surface area contributed by atoms with Gasteiger partial charge in [0.1, 0.15) is 0 Å². The van der Waals surface area contributed by atoms with Crippen molar-refractivity contribution in [3.05, 3.63) is 59.2 Å². The van der Waals surface area contributed by atoms with Crippen molar-refractivity contribution >= 4 is 6.09 Å². The Labute approximate surface area is 198 Å². The Morgan fingerprint density at radius 3 is 2.45 bits per heavy atom. The van der Waals surface area contributed by atoms with Crippen LogP contribution < -0.4 is 0 Å². The van der Waals surface area contributed by atoms with Gasteiger partial charge in [-0.25, -0.2) is 4.79 Å². The number of rotatable bonds is 4. The Morgan fingerprint density at radius 2 is 1.82 bits per heavy atom. The summed E-state index contributed by atoms with van der Waals surface area (Å²) in [7, 11) is 0. The minimum atomic E-state index is -0.756. The number of carbonyl (C=O) groups is 1. The highest BCUT2D eigenvalue weighted by atomic mass is 16.4. The first-order chi connectivity index (χ1) is 15.7. The summed E-state index contributed by atoms with van der Waals surface area (Å²) in [4.78, 5) is 17.1. The fraction of sp³-hybridized carbons (Fsp3) is 0.552. The monoisotopic (exact) mass is 446 g/mol. The fourth-order valence-corrected chi connectivity index (χ4v) is 6.58. The van der Waals surface area contributed by atoms with Crippen molar-refractivity contribution in [2.75, 3.05) is 19.6 Å². The van der Waals surface area contributed by atoms with Crippen LogP contribution in [-0.2, 0) is 6.42 Å². The SMILES string of the molecule is CC(C)c1cccc(-c2ccc3c(c2)CCC(C)(C)[C@H]3N(C(=O)O)[C@@H]2CN3CCC2CC3)c1. The number of aryl methyl sites for hydroxylation is 1. The van der Waals surface area contributed by atoms with Crippen LogP contribution >= 0.6 is 0 Å². The molecule has 176 valence electrons. The van der Waals surface area contributed by atoms with Gasteiger partial charge in [0.15, 0.2) is 0 Å². The van der Waals surface area contributed by atoms with Gasteiger partial charge in [-0.05, 0) is 83.8 Å². The first-order valence-electron chi connectivity index (χ1n) is 12.7. The van der Waals surface area contributed by atoms with Crippen LogP contribution in [0.25, 0.3) is 11.1 Å². The van der Waals surface area contributed by atoms with E-state index in [4.69, 9.17) is 0 Å². The standard InChI is InChI=1S/C29H38N2O2/c1-19(2)21-6-5-7-22(16-21)23-8-9-25-24(17-23)10-13-29(3,4)27(25)31(28(32)33)26-18-30-14-11-20(26)12-15-30/h5-9,16-17,19-20,26-27H,10-15,18H2,1-4H3,(H,32,33)/t26-,27+/m1/s1. The summed E-state index contributed by atoms with van der Waals surface area (Å²) in [5, 5.41) is 10.5. The highest BCUT2D eigenvalue weighted by molar-refractivity contribution is 5.69. The minimum absolute atomic E-state index is 0.0868. The highest BCUT2D eigenvalue weighted by Gasteiger charge is 2.48. The smallest absolute Gasteiger partial charge is 0.408 e. The molecule has 3 aliphatic heterocycles. The van der Waals surface area contributed by atoms with Crippen LogP contribution in [0.2, 0.25) is 0 Å². The van der Waals surface area contributed by atoms with Gasteiger partial charge in [-0.3, -0.25) is 4.90 Å². The van der Waals surface area contributed by atoms with Crippen molar-refractivity contribution in [2.45, 2.75) is 71.4 Å². The van der Waals surface area contributed by atoms with Crippen LogP contribution in [-0.4, -0.2) is 46.7 Å². The zero-order valence-electron chi connectivity index (χ0n) is 20.6. The molecule has 1 N–H and O–H groups in total. The zero-order valence-corrected chi connectivity index (χ0v) is 20.6. The van der Waals surface area contributed by atoms with Crippen LogP contribution in [0.1, 0.15) is 75.6 Å². The second-order valence-corrected chi connectivity index (χ2v) is 11.5. The van der Waals surface area contributed by atoms with Gasteiger partial charge in [0.25, 0.3) is 0 Å². The van der Waals surface area contributed by atoms with Gasteiger partial charge >= 0.3 is 6.09 Å². The van der Waals surface area contributed by atoms with E-state index in [2.05, 4.69) is 75.1 Å². The fourth-order valence-electron chi connectivity index (χ4n) is 6.58. The Balaban J connectivity index is 1.54. The lowest BCUT2D eigenvalue weighted by atomic mass is 9.68. The summed E-state index contributed by atoms with van der Waals surface area (Å²) in [6.45, 7) is 12.1. The lowest BCUT2D eigenvalue weighted by molar-refractivity contribution is -0.0352. The third kappa shape index (κ3) is 4.07. The van der Waals surface area contributed by atoms with E-state index in [0.717, 1.165) is 45.3 Å². The number of hydrogen-bond acceptors (Lipinski definition) is 2. The van der Waals surface area contributed by atoms with Crippen molar-refractivity contribution in [3.8, 4) is 11.1 Å². The van der Waals surface area contributed by atoms with Gasteiger partial charge in [0.05, 0.1) is 12.1 Å². The molecule has 2 bridgehead atoms. The van der Waals surface area contributed by atoms with E-state index in [9.17, 15) is 9.90 Å². The van der Waals surface area contributed by atoms with E-state index in [0.29, 0.717) is 11.8 Å². The van der Waals surface area contributed by atoms with Gasteiger partial charge < -0.3 is 10.0 Å². The van der Waals surface area contributed by atoms with Gasteiger partial charge in [0.2, 0.25) is 0 Å². The van der Waals surface area contributed by atoms with E-state index in [-0.39, 0.29) is 17.5 Å². The van der Waals surface area contributed by atoms with E-state index < -0.39 is 6.09 Å². The topological polar surface area (TPSA) is 43.8 Å².